The lowest BCUT2D eigenvalue weighted by Crippen LogP contribution is -2.15. The third kappa shape index (κ3) is 4.39. The maximum Gasteiger partial charge on any atom is 0.416 e. The lowest BCUT2D eigenvalue weighted by Gasteiger charge is -2.14. The molecule has 0 saturated heterocycles. The van der Waals surface area contributed by atoms with Crippen LogP contribution in [-0.2, 0) is 12.4 Å². The molecule has 0 radical (unpaired) electrons. The van der Waals surface area contributed by atoms with E-state index in [-0.39, 0.29) is 16.8 Å². The molecular weight excluding hydrogens is 430 g/mol. The Labute approximate surface area is 170 Å². The highest BCUT2D eigenvalue weighted by atomic mass is 19.4. The molecule has 3 rings (SSSR count). The van der Waals surface area contributed by atoms with E-state index in [4.69, 9.17) is 5.73 Å². The van der Waals surface area contributed by atoms with Gasteiger partial charge in [-0.2, -0.15) is 26.3 Å². The Kier molecular flexibility index (Phi) is 5.30. The second kappa shape index (κ2) is 7.49. The standard InChI is InChI=1S/C20H12F6N2O3/c21-19(22,23)9-1-5-15(29)12(7-9)11-3-4-14(28-17(11)18(27)31)13-8-10(20(24,25)26)2-6-16(13)30/h1-8,29-30H,(H2,27,31). The first-order valence-corrected chi connectivity index (χ1v) is 8.41. The van der Waals surface area contributed by atoms with Crippen molar-refractivity contribution in [3.63, 3.8) is 0 Å². The van der Waals surface area contributed by atoms with Gasteiger partial charge in [-0.1, -0.05) is 0 Å². The predicted octanol–water partition coefficient (Wildman–Crippen LogP) is 4.96. The van der Waals surface area contributed by atoms with E-state index in [1.165, 1.54) is 0 Å². The van der Waals surface area contributed by atoms with E-state index < -0.39 is 52.1 Å². The number of nitrogens with two attached hydrogens (primary N) is 1. The van der Waals surface area contributed by atoms with Crippen LogP contribution in [-0.4, -0.2) is 21.1 Å². The van der Waals surface area contributed by atoms with Crippen LogP contribution in [0.25, 0.3) is 22.4 Å². The number of primary amides is 1. The summed E-state index contributed by atoms with van der Waals surface area (Å²) in [4.78, 5) is 15.7. The van der Waals surface area contributed by atoms with Crippen molar-refractivity contribution in [1.82, 2.24) is 4.98 Å². The molecule has 5 nitrogen and oxygen atoms in total. The molecule has 0 saturated carbocycles. The monoisotopic (exact) mass is 442 g/mol. The van der Waals surface area contributed by atoms with E-state index in [9.17, 15) is 41.4 Å². The lowest BCUT2D eigenvalue weighted by molar-refractivity contribution is -0.138. The number of carbonyl (C=O) groups is 1. The van der Waals surface area contributed by atoms with E-state index in [0.717, 1.165) is 24.3 Å². The van der Waals surface area contributed by atoms with Gasteiger partial charge in [0.05, 0.1) is 16.8 Å². The number of carbonyl (C=O) groups excluding carboxylic acids is 1. The maximum atomic E-state index is 13.0. The number of aromatic nitrogens is 1. The van der Waals surface area contributed by atoms with Gasteiger partial charge in [0, 0.05) is 16.7 Å². The summed E-state index contributed by atoms with van der Waals surface area (Å²) in [6.45, 7) is 0. The highest BCUT2D eigenvalue weighted by Gasteiger charge is 2.33. The summed E-state index contributed by atoms with van der Waals surface area (Å²) in [6.07, 6.45) is -9.47. The minimum atomic E-state index is -4.74. The number of aromatic hydroxyl groups is 2. The summed E-state index contributed by atoms with van der Waals surface area (Å²) in [5.41, 5.74) is 1.10. The fraction of sp³-hybridized carbons (Fsp3) is 0.100. The third-order valence-corrected chi connectivity index (χ3v) is 4.34. The molecule has 2 aromatic carbocycles. The van der Waals surface area contributed by atoms with Crippen molar-refractivity contribution in [3.05, 3.63) is 65.4 Å². The van der Waals surface area contributed by atoms with E-state index in [2.05, 4.69) is 4.98 Å². The highest BCUT2D eigenvalue weighted by Crippen LogP contribution is 2.40. The van der Waals surface area contributed by atoms with E-state index >= 15 is 0 Å². The van der Waals surface area contributed by atoms with Gasteiger partial charge in [-0.25, -0.2) is 4.98 Å². The van der Waals surface area contributed by atoms with Crippen LogP contribution >= 0.6 is 0 Å². The van der Waals surface area contributed by atoms with Crippen LogP contribution in [0.4, 0.5) is 26.3 Å². The highest BCUT2D eigenvalue weighted by molar-refractivity contribution is 5.99. The summed E-state index contributed by atoms with van der Waals surface area (Å²) < 4.78 is 78.1. The Hall–Kier alpha value is -3.76. The van der Waals surface area contributed by atoms with Gasteiger partial charge in [-0.15, -0.1) is 0 Å². The number of alkyl halides is 6. The summed E-state index contributed by atoms with van der Waals surface area (Å²) >= 11 is 0. The normalized spacial score (nSPS) is 12.1. The quantitative estimate of drug-likeness (QED) is 0.500. The molecule has 0 aliphatic heterocycles. The van der Waals surface area contributed by atoms with Crippen LogP contribution in [0.1, 0.15) is 21.6 Å². The second-order valence-corrected chi connectivity index (χ2v) is 6.42. The first-order chi connectivity index (χ1) is 14.3. The average Bonchev–Trinajstić information content (AvgIpc) is 2.66. The van der Waals surface area contributed by atoms with Crippen molar-refractivity contribution in [1.29, 1.82) is 0 Å². The largest absolute Gasteiger partial charge is 0.507 e. The molecule has 1 amide bonds. The Bertz CT molecular complexity index is 1170. The molecule has 4 N–H and O–H groups in total. The minimum absolute atomic E-state index is 0.272. The van der Waals surface area contributed by atoms with Gasteiger partial charge >= 0.3 is 12.4 Å². The average molecular weight is 442 g/mol. The molecule has 0 bridgehead atoms. The molecule has 0 aliphatic rings. The van der Waals surface area contributed by atoms with Crippen molar-refractivity contribution >= 4 is 5.91 Å². The number of phenolic OH excluding ortho intramolecular Hbond substituents is 2. The van der Waals surface area contributed by atoms with Crippen molar-refractivity contribution in [2.45, 2.75) is 12.4 Å². The number of rotatable bonds is 3. The summed E-state index contributed by atoms with van der Waals surface area (Å²) in [7, 11) is 0. The maximum absolute atomic E-state index is 13.0. The molecule has 3 aromatic rings. The summed E-state index contributed by atoms with van der Waals surface area (Å²) in [5.74, 6) is -2.39. The van der Waals surface area contributed by atoms with Crippen LogP contribution < -0.4 is 5.73 Å². The van der Waals surface area contributed by atoms with Crippen LogP contribution in [0.3, 0.4) is 0 Å². The van der Waals surface area contributed by atoms with Crippen molar-refractivity contribution in [2.24, 2.45) is 5.73 Å². The van der Waals surface area contributed by atoms with Gasteiger partial charge in [0.25, 0.3) is 5.91 Å². The molecule has 31 heavy (non-hydrogen) atoms. The van der Waals surface area contributed by atoms with Gasteiger partial charge in [0.1, 0.15) is 17.2 Å². The molecule has 11 heteroatoms. The Morgan fingerprint density at radius 2 is 1.23 bits per heavy atom. The fourth-order valence-electron chi connectivity index (χ4n) is 2.86. The fourth-order valence-corrected chi connectivity index (χ4v) is 2.86. The zero-order valence-corrected chi connectivity index (χ0v) is 15.2. The zero-order chi connectivity index (χ0) is 23.1. The van der Waals surface area contributed by atoms with Gasteiger partial charge in [-0.3, -0.25) is 4.79 Å². The molecule has 162 valence electrons. The molecule has 0 atom stereocenters. The molecule has 1 aromatic heterocycles. The van der Waals surface area contributed by atoms with Crippen LogP contribution in [0.15, 0.2) is 48.5 Å². The number of phenols is 2. The summed E-state index contributed by atoms with van der Waals surface area (Å²) in [6, 6.07) is 6.16. The summed E-state index contributed by atoms with van der Waals surface area (Å²) in [5, 5.41) is 20.0. The topological polar surface area (TPSA) is 96.4 Å². The molecule has 0 spiro atoms. The number of pyridine rings is 1. The second-order valence-electron chi connectivity index (χ2n) is 6.42. The number of benzene rings is 2. The third-order valence-electron chi connectivity index (χ3n) is 4.34. The molecule has 0 aliphatic carbocycles. The van der Waals surface area contributed by atoms with Gasteiger partial charge in [0.2, 0.25) is 0 Å². The zero-order valence-electron chi connectivity index (χ0n) is 15.2. The Morgan fingerprint density at radius 1 is 0.742 bits per heavy atom. The van der Waals surface area contributed by atoms with Crippen molar-refractivity contribution < 1.29 is 41.4 Å². The van der Waals surface area contributed by atoms with Crippen molar-refractivity contribution in [3.8, 4) is 33.9 Å². The van der Waals surface area contributed by atoms with Crippen LogP contribution in [0, 0.1) is 0 Å². The Morgan fingerprint density at radius 3 is 1.71 bits per heavy atom. The van der Waals surface area contributed by atoms with Crippen LogP contribution in [0.2, 0.25) is 0 Å². The molecule has 0 unspecified atom stereocenters. The minimum Gasteiger partial charge on any atom is -0.507 e. The van der Waals surface area contributed by atoms with E-state index in [1.807, 2.05) is 0 Å². The van der Waals surface area contributed by atoms with Crippen LogP contribution in [0.5, 0.6) is 11.5 Å². The molecule has 1 heterocycles. The molecular formula is C20H12F6N2O3. The number of halogens is 6. The van der Waals surface area contributed by atoms with E-state index in [0.29, 0.717) is 24.3 Å². The SMILES string of the molecule is NC(=O)c1nc(-c2cc(C(F)(F)F)ccc2O)ccc1-c1cc(C(F)(F)F)ccc1O. The van der Waals surface area contributed by atoms with Crippen molar-refractivity contribution in [2.75, 3.05) is 0 Å². The molecule has 0 fully saturated rings. The van der Waals surface area contributed by atoms with Gasteiger partial charge < -0.3 is 15.9 Å². The predicted molar refractivity (Wildman–Crippen MR) is 97.0 cm³/mol. The van der Waals surface area contributed by atoms with E-state index in [1.54, 1.807) is 0 Å². The number of hydrogen-bond donors (Lipinski definition) is 3. The van der Waals surface area contributed by atoms with Gasteiger partial charge in [0.15, 0.2) is 0 Å². The smallest absolute Gasteiger partial charge is 0.416 e. The first-order valence-electron chi connectivity index (χ1n) is 8.41. The Balaban J connectivity index is 2.21. The lowest BCUT2D eigenvalue weighted by atomic mass is 9.98. The number of amides is 1. The number of hydrogen-bond acceptors (Lipinski definition) is 4. The number of nitrogens with zero attached hydrogens (tertiary/aromatic N) is 1. The van der Waals surface area contributed by atoms with Gasteiger partial charge in [-0.05, 0) is 48.5 Å². The first kappa shape index (κ1) is 21.9.